The number of anilines is 1. The molecule has 2 N–H and O–H groups in total. The van der Waals surface area contributed by atoms with Gasteiger partial charge in [-0.3, -0.25) is 9.59 Å². The van der Waals surface area contributed by atoms with Gasteiger partial charge in [0, 0.05) is 28.8 Å². The fourth-order valence-corrected chi connectivity index (χ4v) is 4.96. The first-order valence-electron chi connectivity index (χ1n) is 10.5. The van der Waals surface area contributed by atoms with Crippen LogP contribution in [0.1, 0.15) is 43.6 Å². The normalized spacial score (nSPS) is 12.6. The summed E-state index contributed by atoms with van der Waals surface area (Å²) in [6.07, 6.45) is 0. The third-order valence-electron chi connectivity index (χ3n) is 5.10. The number of amides is 2. The summed E-state index contributed by atoms with van der Waals surface area (Å²) >= 11 is 3.43. The van der Waals surface area contributed by atoms with Crippen LogP contribution in [0.15, 0.2) is 51.8 Å². The number of nitrogens with one attached hydrogen (secondary N) is 2. The van der Waals surface area contributed by atoms with E-state index in [-0.39, 0.29) is 22.3 Å². The topological polar surface area (TPSA) is 95.6 Å². The highest BCUT2D eigenvalue weighted by Gasteiger charge is 2.26. The van der Waals surface area contributed by atoms with Crippen LogP contribution in [0.5, 0.6) is 0 Å². The molecule has 0 aliphatic rings. The highest BCUT2D eigenvalue weighted by Crippen LogP contribution is 2.21. The quantitative estimate of drug-likeness (QED) is 0.515. The van der Waals surface area contributed by atoms with Crippen molar-refractivity contribution in [2.45, 2.75) is 45.6 Å². The third kappa shape index (κ3) is 6.17. The van der Waals surface area contributed by atoms with Crippen LogP contribution in [0.4, 0.5) is 5.69 Å². The maximum absolute atomic E-state index is 12.9. The molecule has 0 saturated heterocycles. The van der Waals surface area contributed by atoms with E-state index in [1.54, 1.807) is 19.9 Å². The minimum absolute atomic E-state index is 0.0461. The Kier molecular flexibility index (Phi) is 9.00. The number of rotatable bonds is 9. The average molecular weight is 524 g/mol. The molecule has 0 heterocycles. The highest BCUT2D eigenvalue weighted by molar-refractivity contribution is 9.10. The highest BCUT2D eigenvalue weighted by atomic mass is 79.9. The van der Waals surface area contributed by atoms with Gasteiger partial charge in [-0.25, -0.2) is 8.42 Å². The zero-order chi connectivity index (χ0) is 24.1. The molecule has 174 valence electrons. The molecule has 0 aliphatic heterocycles. The van der Waals surface area contributed by atoms with Gasteiger partial charge in [-0.2, -0.15) is 4.31 Å². The second kappa shape index (κ2) is 11.1. The Morgan fingerprint density at radius 3 is 2.28 bits per heavy atom. The molecule has 32 heavy (non-hydrogen) atoms. The van der Waals surface area contributed by atoms with Crippen molar-refractivity contribution < 1.29 is 18.0 Å². The Labute approximate surface area is 198 Å². The van der Waals surface area contributed by atoms with Crippen LogP contribution in [0.3, 0.4) is 0 Å². The lowest BCUT2D eigenvalue weighted by Crippen LogP contribution is -2.47. The lowest BCUT2D eigenvalue weighted by Gasteiger charge is -2.22. The second-order valence-electron chi connectivity index (χ2n) is 7.77. The van der Waals surface area contributed by atoms with Crippen LogP contribution < -0.4 is 10.6 Å². The monoisotopic (exact) mass is 523 g/mol. The zero-order valence-corrected chi connectivity index (χ0v) is 21.4. The standard InChI is InChI=1S/C23H30BrN3O4S/c1-6-27(7-2)32(30,31)19-10-8-9-17(14-19)22(28)26-21(15(3)4)23(29)25-18-11-12-20(24)16(5)13-18/h8-15,21H,6-7H2,1-5H3,(H,25,29)(H,26,28)/t21-/m0/s1. The number of aryl methyl sites for hydroxylation is 1. The van der Waals surface area contributed by atoms with Crippen molar-refractivity contribution in [3.05, 3.63) is 58.1 Å². The Morgan fingerprint density at radius 2 is 1.72 bits per heavy atom. The molecule has 2 aromatic rings. The van der Waals surface area contributed by atoms with E-state index < -0.39 is 22.0 Å². The molecule has 0 aromatic heterocycles. The van der Waals surface area contributed by atoms with Crippen molar-refractivity contribution in [2.24, 2.45) is 5.92 Å². The molecule has 9 heteroatoms. The van der Waals surface area contributed by atoms with Crippen LogP contribution in [0.2, 0.25) is 0 Å². The van der Waals surface area contributed by atoms with Gasteiger partial charge in [0.25, 0.3) is 5.91 Å². The maximum Gasteiger partial charge on any atom is 0.251 e. The average Bonchev–Trinajstić information content (AvgIpc) is 2.74. The van der Waals surface area contributed by atoms with Crippen LogP contribution in [0.25, 0.3) is 0 Å². The first-order chi connectivity index (χ1) is 15.0. The third-order valence-corrected chi connectivity index (χ3v) is 8.04. The molecule has 2 rings (SSSR count). The van der Waals surface area contributed by atoms with Gasteiger partial charge in [0.05, 0.1) is 4.90 Å². The number of carbonyl (C=O) groups excluding carboxylic acids is 2. The number of carbonyl (C=O) groups is 2. The Bertz CT molecular complexity index is 1080. The summed E-state index contributed by atoms with van der Waals surface area (Å²) in [4.78, 5) is 25.8. The first kappa shape index (κ1) is 26.0. The molecule has 0 spiro atoms. The number of halogens is 1. The van der Waals surface area contributed by atoms with Crippen molar-refractivity contribution in [3.8, 4) is 0 Å². The lowest BCUT2D eigenvalue weighted by molar-refractivity contribution is -0.118. The van der Waals surface area contributed by atoms with E-state index in [2.05, 4.69) is 26.6 Å². The molecule has 7 nitrogen and oxygen atoms in total. The molecule has 0 unspecified atom stereocenters. The van der Waals surface area contributed by atoms with E-state index >= 15 is 0 Å². The zero-order valence-electron chi connectivity index (χ0n) is 19.0. The molecule has 0 radical (unpaired) electrons. The minimum atomic E-state index is -3.70. The number of benzene rings is 2. The van der Waals surface area contributed by atoms with Crippen molar-refractivity contribution in [2.75, 3.05) is 18.4 Å². The minimum Gasteiger partial charge on any atom is -0.340 e. The van der Waals surface area contributed by atoms with Gasteiger partial charge in [0.2, 0.25) is 15.9 Å². The van der Waals surface area contributed by atoms with Gasteiger partial charge in [-0.05, 0) is 54.8 Å². The number of sulfonamides is 1. The molecule has 0 saturated carbocycles. The van der Waals surface area contributed by atoms with Crippen molar-refractivity contribution in [1.82, 2.24) is 9.62 Å². The summed E-state index contributed by atoms with van der Waals surface area (Å²) in [5.74, 6) is -1.04. The Balaban J connectivity index is 2.23. The summed E-state index contributed by atoms with van der Waals surface area (Å²) in [5, 5.41) is 5.58. The van der Waals surface area contributed by atoms with Crippen LogP contribution >= 0.6 is 15.9 Å². The van der Waals surface area contributed by atoms with Crippen LogP contribution in [-0.2, 0) is 14.8 Å². The van der Waals surface area contributed by atoms with Crippen LogP contribution in [0, 0.1) is 12.8 Å². The van der Waals surface area contributed by atoms with E-state index in [1.165, 1.54) is 28.6 Å². The van der Waals surface area contributed by atoms with Crippen molar-refractivity contribution in [3.63, 3.8) is 0 Å². The summed E-state index contributed by atoms with van der Waals surface area (Å²) in [5.41, 5.74) is 1.78. The van der Waals surface area contributed by atoms with Crippen molar-refractivity contribution in [1.29, 1.82) is 0 Å². The van der Waals surface area contributed by atoms with Gasteiger partial charge in [0.15, 0.2) is 0 Å². The number of hydrogen-bond donors (Lipinski definition) is 2. The molecule has 1 atom stereocenters. The SMILES string of the molecule is CCN(CC)S(=O)(=O)c1cccc(C(=O)N[C@H](C(=O)Nc2ccc(Br)c(C)c2)C(C)C)c1. The molecule has 0 aliphatic carbocycles. The number of nitrogens with zero attached hydrogens (tertiary/aromatic N) is 1. The fraction of sp³-hybridized carbons (Fsp3) is 0.391. The molecule has 0 bridgehead atoms. The Hall–Kier alpha value is -2.23. The van der Waals surface area contributed by atoms with E-state index in [1.807, 2.05) is 32.9 Å². The first-order valence-corrected chi connectivity index (χ1v) is 12.7. The predicted molar refractivity (Wildman–Crippen MR) is 130 cm³/mol. The molecular formula is C23H30BrN3O4S. The van der Waals surface area contributed by atoms with Gasteiger partial charge >= 0.3 is 0 Å². The Morgan fingerprint density at radius 1 is 1.06 bits per heavy atom. The molecule has 2 aromatic carbocycles. The lowest BCUT2D eigenvalue weighted by atomic mass is 10.0. The van der Waals surface area contributed by atoms with Crippen molar-refractivity contribution >= 4 is 43.5 Å². The molecular weight excluding hydrogens is 494 g/mol. The summed E-state index contributed by atoms with van der Waals surface area (Å²) < 4.78 is 27.8. The molecule has 2 amide bonds. The smallest absolute Gasteiger partial charge is 0.251 e. The maximum atomic E-state index is 12.9. The predicted octanol–water partition coefficient (Wildman–Crippen LogP) is 4.18. The van der Waals surface area contributed by atoms with E-state index in [0.717, 1.165) is 10.0 Å². The van der Waals surface area contributed by atoms with E-state index in [4.69, 9.17) is 0 Å². The summed E-state index contributed by atoms with van der Waals surface area (Å²) in [6.45, 7) is 9.77. The van der Waals surface area contributed by atoms with E-state index in [9.17, 15) is 18.0 Å². The number of hydrogen-bond acceptors (Lipinski definition) is 4. The van der Waals surface area contributed by atoms with Gasteiger partial charge < -0.3 is 10.6 Å². The van der Waals surface area contributed by atoms with E-state index in [0.29, 0.717) is 18.8 Å². The molecule has 0 fully saturated rings. The second-order valence-corrected chi connectivity index (χ2v) is 10.6. The fourth-order valence-electron chi connectivity index (χ4n) is 3.21. The van der Waals surface area contributed by atoms with Gasteiger partial charge in [0.1, 0.15) is 6.04 Å². The largest absolute Gasteiger partial charge is 0.340 e. The van der Waals surface area contributed by atoms with Gasteiger partial charge in [-0.15, -0.1) is 0 Å². The van der Waals surface area contributed by atoms with Gasteiger partial charge in [-0.1, -0.05) is 49.7 Å². The van der Waals surface area contributed by atoms with Crippen LogP contribution in [-0.4, -0.2) is 43.7 Å². The summed E-state index contributed by atoms with van der Waals surface area (Å²) in [6, 6.07) is 10.5. The summed E-state index contributed by atoms with van der Waals surface area (Å²) in [7, 11) is -3.70.